The number of hydrogen-bond acceptors (Lipinski definition) is 5. The van der Waals surface area contributed by atoms with Crippen LogP contribution in [0, 0.1) is 5.92 Å². The quantitative estimate of drug-likeness (QED) is 0.519. The smallest absolute Gasteiger partial charge is 0.414 e. The van der Waals surface area contributed by atoms with E-state index in [0.29, 0.717) is 44.7 Å². The number of ether oxygens (including phenoxy) is 1. The van der Waals surface area contributed by atoms with Crippen molar-refractivity contribution in [3.8, 4) is 0 Å². The van der Waals surface area contributed by atoms with Crippen LogP contribution in [0.1, 0.15) is 12.8 Å². The number of hydrogen-bond donors (Lipinski definition) is 3. The van der Waals surface area contributed by atoms with Crippen LogP contribution in [0.25, 0.3) is 0 Å². The van der Waals surface area contributed by atoms with Gasteiger partial charge >= 0.3 is 12.1 Å². The summed E-state index contributed by atoms with van der Waals surface area (Å²) in [4.78, 5) is 30.9. The Morgan fingerprint density at radius 3 is 2.46 bits per heavy atom. The second-order valence-electron chi connectivity index (χ2n) is 6.58. The van der Waals surface area contributed by atoms with Gasteiger partial charge in [-0.1, -0.05) is 0 Å². The van der Waals surface area contributed by atoms with Crippen LogP contribution in [0.5, 0.6) is 0 Å². The second kappa shape index (κ2) is 7.61. The highest BCUT2D eigenvalue weighted by Crippen LogP contribution is 2.25. The van der Waals surface area contributed by atoms with Gasteiger partial charge in [-0.15, -0.1) is 0 Å². The number of aliphatic imine (C=N–C) groups is 1. The van der Waals surface area contributed by atoms with Crippen molar-refractivity contribution >= 4 is 29.4 Å². The van der Waals surface area contributed by atoms with Gasteiger partial charge < -0.3 is 21.3 Å². The maximum atomic E-state index is 12.2. The number of benzene rings is 1. The number of amides is 1. The first kappa shape index (κ1) is 18.0. The Morgan fingerprint density at radius 2 is 1.88 bits per heavy atom. The van der Waals surface area contributed by atoms with Gasteiger partial charge in [0, 0.05) is 12.2 Å². The number of guanidine groups is 1. The summed E-state index contributed by atoms with van der Waals surface area (Å²) < 4.78 is 5.46. The van der Waals surface area contributed by atoms with Gasteiger partial charge in [-0.05, 0) is 50.2 Å². The molecule has 1 aromatic carbocycles. The fraction of sp³-hybridized carbons (Fsp3) is 0.471. The molecule has 1 atom stereocenters. The molecule has 0 radical (unpaired) electrons. The molecule has 140 valence electrons. The molecule has 2 aliphatic heterocycles. The van der Waals surface area contributed by atoms with E-state index in [1.165, 1.54) is 0 Å². The Kier molecular flexibility index (Phi) is 5.27. The van der Waals surface area contributed by atoms with Gasteiger partial charge in [-0.25, -0.2) is 9.79 Å². The number of cyclic esters (lactones) is 1. The molecule has 9 heteroatoms. The Morgan fingerprint density at radius 1 is 1.23 bits per heavy atom. The van der Waals surface area contributed by atoms with E-state index in [-0.39, 0.29) is 24.1 Å². The number of carboxylic acid groups (broad SMARTS) is 1. The molecule has 5 N–H and O–H groups in total. The summed E-state index contributed by atoms with van der Waals surface area (Å²) in [6.45, 7) is 2.48. The molecule has 0 bridgehead atoms. The van der Waals surface area contributed by atoms with Crippen molar-refractivity contribution in [1.29, 1.82) is 0 Å². The highest BCUT2D eigenvalue weighted by molar-refractivity contribution is 5.90. The van der Waals surface area contributed by atoms with Crippen LogP contribution in [-0.2, 0) is 9.53 Å². The number of anilines is 1. The van der Waals surface area contributed by atoms with Gasteiger partial charge in [0.1, 0.15) is 6.10 Å². The maximum absolute atomic E-state index is 12.2. The monoisotopic (exact) mass is 361 g/mol. The van der Waals surface area contributed by atoms with E-state index in [1.54, 1.807) is 29.2 Å². The van der Waals surface area contributed by atoms with E-state index in [9.17, 15) is 9.59 Å². The number of rotatable bonds is 5. The normalized spacial score (nSPS) is 21.5. The summed E-state index contributed by atoms with van der Waals surface area (Å²) >= 11 is 0. The minimum atomic E-state index is -0.729. The van der Waals surface area contributed by atoms with Crippen LogP contribution in [0.2, 0.25) is 0 Å². The average Bonchev–Trinajstić information content (AvgIpc) is 2.96. The molecule has 1 amide bonds. The van der Waals surface area contributed by atoms with Crippen LogP contribution in [0.3, 0.4) is 0 Å². The zero-order valence-electron chi connectivity index (χ0n) is 14.4. The number of carboxylic acids is 1. The molecule has 9 nitrogen and oxygen atoms in total. The summed E-state index contributed by atoms with van der Waals surface area (Å²) in [7, 11) is 0. The largest absolute Gasteiger partial charge is 0.481 e. The lowest BCUT2D eigenvalue weighted by Crippen LogP contribution is -2.41. The lowest BCUT2D eigenvalue weighted by molar-refractivity contribution is -0.143. The molecule has 2 aliphatic rings. The van der Waals surface area contributed by atoms with Gasteiger partial charge in [-0.2, -0.15) is 0 Å². The lowest BCUT2D eigenvalue weighted by Gasteiger charge is -2.31. The Labute approximate surface area is 151 Å². The van der Waals surface area contributed by atoms with Crippen LogP contribution in [0.4, 0.5) is 16.2 Å². The van der Waals surface area contributed by atoms with Crippen LogP contribution in [-0.4, -0.2) is 60.3 Å². The zero-order chi connectivity index (χ0) is 18.7. The number of nitrogens with zero attached hydrogens (tertiary/aromatic N) is 3. The Balaban J connectivity index is 1.55. The first-order valence-electron chi connectivity index (χ1n) is 8.55. The number of aliphatic carboxylic acids is 1. The van der Waals surface area contributed by atoms with Gasteiger partial charge in [0.05, 0.1) is 18.2 Å². The molecule has 0 aliphatic carbocycles. The summed E-state index contributed by atoms with van der Waals surface area (Å²) in [6.07, 6.45) is 0.643. The molecule has 1 aromatic rings. The van der Waals surface area contributed by atoms with E-state index in [2.05, 4.69) is 9.89 Å². The van der Waals surface area contributed by atoms with Crippen molar-refractivity contribution in [3.63, 3.8) is 0 Å². The van der Waals surface area contributed by atoms with Crippen molar-refractivity contribution in [2.75, 3.05) is 31.1 Å². The minimum Gasteiger partial charge on any atom is -0.481 e. The van der Waals surface area contributed by atoms with Crippen molar-refractivity contribution in [2.45, 2.75) is 18.9 Å². The topological polar surface area (TPSA) is 134 Å². The summed E-state index contributed by atoms with van der Waals surface area (Å²) in [5.41, 5.74) is 12.0. The summed E-state index contributed by atoms with van der Waals surface area (Å²) in [5, 5.41) is 9.06. The molecular weight excluding hydrogens is 338 g/mol. The van der Waals surface area contributed by atoms with Gasteiger partial charge in [0.25, 0.3) is 0 Å². The predicted molar refractivity (Wildman–Crippen MR) is 96.3 cm³/mol. The van der Waals surface area contributed by atoms with E-state index in [4.69, 9.17) is 21.3 Å². The summed E-state index contributed by atoms with van der Waals surface area (Å²) in [6, 6.07) is 6.99. The van der Waals surface area contributed by atoms with E-state index in [1.807, 2.05) is 0 Å². The molecule has 2 heterocycles. The van der Waals surface area contributed by atoms with E-state index in [0.717, 1.165) is 5.69 Å². The molecule has 0 aromatic heterocycles. The van der Waals surface area contributed by atoms with Crippen molar-refractivity contribution in [2.24, 2.45) is 22.4 Å². The fourth-order valence-electron chi connectivity index (χ4n) is 3.33. The maximum Gasteiger partial charge on any atom is 0.414 e. The minimum absolute atomic E-state index is 0.0231. The van der Waals surface area contributed by atoms with Crippen LogP contribution >= 0.6 is 0 Å². The van der Waals surface area contributed by atoms with Crippen molar-refractivity contribution in [1.82, 2.24) is 4.90 Å². The number of carbonyl (C=O) groups is 2. The highest BCUT2D eigenvalue weighted by Gasteiger charge is 2.34. The third-order valence-corrected chi connectivity index (χ3v) is 4.69. The summed E-state index contributed by atoms with van der Waals surface area (Å²) in [5.74, 6) is -1.02. The number of likely N-dealkylation sites (tertiary alicyclic amines) is 1. The molecular formula is C17H23N5O4. The first-order chi connectivity index (χ1) is 12.4. The standard InChI is InChI=1S/C17H23N5O4/c18-16(19)20-12-1-3-13(4-2-12)22-10-14(26-17(22)25)9-21-7-5-11(6-8-21)15(23)24/h1-4,11,14H,5-10H2,(H,23,24)(H4,18,19,20). The molecule has 26 heavy (non-hydrogen) atoms. The van der Waals surface area contributed by atoms with Gasteiger partial charge in [-0.3, -0.25) is 14.6 Å². The second-order valence-corrected chi connectivity index (χ2v) is 6.58. The molecule has 2 fully saturated rings. The third-order valence-electron chi connectivity index (χ3n) is 4.69. The van der Waals surface area contributed by atoms with Gasteiger partial charge in [0.15, 0.2) is 5.96 Å². The number of piperidine rings is 1. The Hall–Kier alpha value is -2.81. The molecule has 3 rings (SSSR count). The fourth-order valence-corrected chi connectivity index (χ4v) is 3.33. The zero-order valence-corrected chi connectivity index (χ0v) is 14.4. The van der Waals surface area contributed by atoms with Crippen LogP contribution in [0.15, 0.2) is 29.3 Å². The van der Waals surface area contributed by atoms with Gasteiger partial charge in [0.2, 0.25) is 0 Å². The number of carbonyl (C=O) groups excluding carboxylic acids is 1. The van der Waals surface area contributed by atoms with E-state index < -0.39 is 5.97 Å². The molecule has 1 unspecified atom stereocenters. The number of nitrogens with two attached hydrogens (primary N) is 2. The highest BCUT2D eigenvalue weighted by atomic mass is 16.6. The average molecular weight is 361 g/mol. The van der Waals surface area contributed by atoms with Crippen LogP contribution < -0.4 is 16.4 Å². The SMILES string of the molecule is NC(N)=Nc1ccc(N2CC(CN3CCC(C(=O)O)CC3)OC2=O)cc1. The third kappa shape index (κ3) is 4.23. The Bertz CT molecular complexity index is 694. The lowest BCUT2D eigenvalue weighted by atomic mass is 9.97. The molecule has 0 spiro atoms. The molecule has 2 saturated heterocycles. The first-order valence-corrected chi connectivity index (χ1v) is 8.55. The predicted octanol–water partition coefficient (Wildman–Crippen LogP) is 0.713. The van der Waals surface area contributed by atoms with Crippen molar-refractivity contribution < 1.29 is 19.4 Å². The van der Waals surface area contributed by atoms with E-state index >= 15 is 0 Å². The molecule has 0 saturated carbocycles. The van der Waals surface area contributed by atoms with Crippen molar-refractivity contribution in [3.05, 3.63) is 24.3 Å².